The molecule has 3 rings (SSSR count). The summed E-state index contributed by atoms with van der Waals surface area (Å²) >= 11 is 12.0. The maximum absolute atomic E-state index is 13.0. The summed E-state index contributed by atoms with van der Waals surface area (Å²) in [5.74, 6) is -0.440. The molecule has 0 bridgehead atoms. The molecule has 1 aromatic carbocycles. The Morgan fingerprint density at radius 2 is 1.57 bits per heavy atom. The average Bonchev–Trinajstić information content (AvgIpc) is 2.84. The van der Waals surface area contributed by atoms with Crippen molar-refractivity contribution in [3.8, 4) is 0 Å². The highest BCUT2D eigenvalue weighted by atomic mass is 35.5. The van der Waals surface area contributed by atoms with Crippen LogP contribution in [-0.4, -0.2) is 66.7 Å². The van der Waals surface area contributed by atoms with Crippen LogP contribution in [0.3, 0.4) is 0 Å². The SMILES string of the molecule is CN(C)CCN(C)C(=O)[C@H]1CC[C@H](C(=O)Nc2ccc(Cl)cc2C(=O)Nc2ccc(Cl)cn2)CC1. The highest BCUT2D eigenvalue weighted by Crippen LogP contribution is 2.31. The summed E-state index contributed by atoms with van der Waals surface area (Å²) in [6.07, 6.45) is 4.00. The summed E-state index contributed by atoms with van der Waals surface area (Å²) in [5, 5.41) is 6.39. The highest BCUT2D eigenvalue weighted by molar-refractivity contribution is 6.31. The van der Waals surface area contributed by atoms with Crippen LogP contribution in [0.1, 0.15) is 36.0 Å². The van der Waals surface area contributed by atoms with Gasteiger partial charge in [0.05, 0.1) is 16.3 Å². The molecule has 1 aliphatic rings. The number of rotatable bonds is 8. The Morgan fingerprint density at radius 1 is 0.914 bits per heavy atom. The second kappa shape index (κ2) is 12.3. The monoisotopic (exact) mass is 519 g/mol. The van der Waals surface area contributed by atoms with E-state index >= 15 is 0 Å². The number of aromatic nitrogens is 1. The maximum atomic E-state index is 13.0. The van der Waals surface area contributed by atoms with Crippen LogP contribution in [0.5, 0.6) is 0 Å². The number of likely N-dealkylation sites (N-methyl/N-ethyl adjacent to an activating group) is 2. The number of hydrogen-bond donors (Lipinski definition) is 2. The standard InChI is InChI=1S/C25H31Cl2N5O3/c1-31(2)12-13-32(3)25(35)17-6-4-16(5-7-17)23(33)29-21-10-8-18(26)14-20(21)24(34)30-22-11-9-19(27)15-28-22/h8-11,14-17H,4-7,12-13H2,1-3H3,(H,29,33)(H,28,30,34)/t16-,17-. The van der Waals surface area contributed by atoms with Gasteiger partial charge in [0.2, 0.25) is 11.8 Å². The van der Waals surface area contributed by atoms with Crippen LogP contribution < -0.4 is 10.6 Å². The Morgan fingerprint density at radius 3 is 2.20 bits per heavy atom. The second-order valence-electron chi connectivity index (χ2n) is 9.11. The molecule has 188 valence electrons. The van der Waals surface area contributed by atoms with Crippen molar-refractivity contribution in [2.45, 2.75) is 25.7 Å². The van der Waals surface area contributed by atoms with E-state index in [0.29, 0.717) is 53.8 Å². The Bertz CT molecular complexity index is 1050. The van der Waals surface area contributed by atoms with Crippen LogP contribution in [0.2, 0.25) is 10.0 Å². The van der Waals surface area contributed by atoms with E-state index in [2.05, 4.69) is 15.6 Å². The average molecular weight is 520 g/mol. The van der Waals surface area contributed by atoms with E-state index in [9.17, 15) is 14.4 Å². The number of pyridine rings is 1. The van der Waals surface area contributed by atoms with Crippen molar-refractivity contribution in [2.24, 2.45) is 11.8 Å². The molecule has 0 aliphatic heterocycles. The van der Waals surface area contributed by atoms with E-state index in [0.717, 1.165) is 6.54 Å². The fourth-order valence-electron chi connectivity index (χ4n) is 4.06. The normalized spacial score (nSPS) is 17.7. The minimum atomic E-state index is -0.451. The van der Waals surface area contributed by atoms with Crippen molar-refractivity contribution in [3.05, 3.63) is 52.1 Å². The van der Waals surface area contributed by atoms with E-state index < -0.39 is 5.91 Å². The Balaban J connectivity index is 1.60. The fraction of sp³-hybridized carbons (Fsp3) is 0.440. The molecule has 35 heavy (non-hydrogen) atoms. The smallest absolute Gasteiger partial charge is 0.258 e. The van der Waals surface area contributed by atoms with Gasteiger partial charge in [-0.15, -0.1) is 0 Å². The predicted octanol–water partition coefficient (Wildman–Crippen LogP) is 4.41. The van der Waals surface area contributed by atoms with Crippen LogP contribution in [-0.2, 0) is 9.59 Å². The molecule has 0 saturated heterocycles. The molecular formula is C25H31Cl2N5O3. The number of benzene rings is 1. The molecule has 0 radical (unpaired) electrons. The molecule has 0 spiro atoms. The topological polar surface area (TPSA) is 94.6 Å². The van der Waals surface area contributed by atoms with Crippen LogP contribution in [0.25, 0.3) is 0 Å². The lowest BCUT2D eigenvalue weighted by atomic mass is 9.81. The van der Waals surface area contributed by atoms with Gasteiger partial charge in [0.1, 0.15) is 5.82 Å². The van der Waals surface area contributed by atoms with Gasteiger partial charge in [-0.1, -0.05) is 23.2 Å². The molecule has 10 heteroatoms. The van der Waals surface area contributed by atoms with Crippen molar-refractivity contribution in [3.63, 3.8) is 0 Å². The zero-order valence-electron chi connectivity index (χ0n) is 20.2. The van der Waals surface area contributed by atoms with Crippen molar-refractivity contribution in [1.82, 2.24) is 14.8 Å². The summed E-state index contributed by atoms with van der Waals surface area (Å²) in [6.45, 7) is 1.49. The van der Waals surface area contributed by atoms with Crippen LogP contribution >= 0.6 is 23.2 Å². The van der Waals surface area contributed by atoms with E-state index in [4.69, 9.17) is 23.2 Å². The lowest BCUT2D eigenvalue weighted by molar-refractivity contribution is -0.136. The van der Waals surface area contributed by atoms with E-state index in [-0.39, 0.29) is 29.2 Å². The summed E-state index contributed by atoms with van der Waals surface area (Å²) < 4.78 is 0. The van der Waals surface area contributed by atoms with Gasteiger partial charge in [-0.3, -0.25) is 14.4 Å². The number of carbonyl (C=O) groups is 3. The van der Waals surface area contributed by atoms with Gasteiger partial charge in [-0.25, -0.2) is 4.98 Å². The first-order valence-electron chi connectivity index (χ1n) is 11.6. The quantitative estimate of drug-likeness (QED) is 0.538. The van der Waals surface area contributed by atoms with E-state index in [1.807, 2.05) is 26.0 Å². The first-order valence-corrected chi connectivity index (χ1v) is 12.3. The van der Waals surface area contributed by atoms with Gasteiger partial charge >= 0.3 is 0 Å². The third-order valence-electron chi connectivity index (χ3n) is 6.16. The summed E-state index contributed by atoms with van der Waals surface area (Å²) in [5.41, 5.74) is 0.599. The van der Waals surface area contributed by atoms with Gasteiger partial charge in [0.15, 0.2) is 0 Å². The minimum absolute atomic E-state index is 0.0602. The number of nitrogens with one attached hydrogen (secondary N) is 2. The highest BCUT2D eigenvalue weighted by Gasteiger charge is 2.31. The zero-order chi connectivity index (χ0) is 25.5. The lowest BCUT2D eigenvalue weighted by Gasteiger charge is -2.30. The Kier molecular flexibility index (Phi) is 9.48. The van der Waals surface area contributed by atoms with Crippen LogP contribution in [0.15, 0.2) is 36.5 Å². The third kappa shape index (κ3) is 7.65. The van der Waals surface area contributed by atoms with Crippen LogP contribution in [0.4, 0.5) is 11.5 Å². The Labute approximate surface area is 216 Å². The minimum Gasteiger partial charge on any atom is -0.344 e. The third-order valence-corrected chi connectivity index (χ3v) is 6.62. The summed E-state index contributed by atoms with van der Waals surface area (Å²) in [6, 6.07) is 7.93. The van der Waals surface area contributed by atoms with Gasteiger partial charge < -0.3 is 20.4 Å². The van der Waals surface area contributed by atoms with Crippen molar-refractivity contribution in [1.29, 1.82) is 0 Å². The van der Waals surface area contributed by atoms with Gasteiger partial charge in [0.25, 0.3) is 5.91 Å². The predicted molar refractivity (Wildman–Crippen MR) is 139 cm³/mol. The maximum Gasteiger partial charge on any atom is 0.258 e. The number of carbonyl (C=O) groups excluding carboxylic acids is 3. The number of nitrogens with zero attached hydrogens (tertiary/aromatic N) is 3. The van der Waals surface area contributed by atoms with Crippen LogP contribution in [0, 0.1) is 11.8 Å². The molecule has 1 saturated carbocycles. The zero-order valence-corrected chi connectivity index (χ0v) is 21.7. The van der Waals surface area contributed by atoms with Crippen molar-refractivity contribution >= 4 is 52.4 Å². The second-order valence-corrected chi connectivity index (χ2v) is 9.98. The number of amides is 3. The lowest BCUT2D eigenvalue weighted by Crippen LogP contribution is -2.39. The molecular weight excluding hydrogens is 489 g/mol. The van der Waals surface area contributed by atoms with Crippen molar-refractivity contribution < 1.29 is 14.4 Å². The molecule has 3 amide bonds. The first kappa shape index (κ1) is 26.9. The molecule has 2 aromatic rings. The van der Waals surface area contributed by atoms with Gasteiger partial charge in [-0.05, 0) is 70.1 Å². The van der Waals surface area contributed by atoms with Gasteiger partial charge in [0, 0.05) is 43.2 Å². The van der Waals surface area contributed by atoms with E-state index in [1.54, 1.807) is 29.2 Å². The summed E-state index contributed by atoms with van der Waals surface area (Å²) in [4.78, 5) is 46.5. The molecule has 1 heterocycles. The number of anilines is 2. The largest absolute Gasteiger partial charge is 0.344 e. The molecule has 1 fully saturated rings. The van der Waals surface area contributed by atoms with Crippen molar-refractivity contribution in [2.75, 3.05) is 44.9 Å². The molecule has 1 aliphatic carbocycles. The number of halogens is 2. The Hall–Kier alpha value is -2.68. The molecule has 2 N–H and O–H groups in total. The molecule has 8 nitrogen and oxygen atoms in total. The number of hydrogen-bond acceptors (Lipinski definition) is 5. The molecule has 0 atom stereocenters. The molecule has 1 aromatic heterocycles. The summed E-state index contributed by atoms with van der Waals surface area (Å²) in [7, 11) is 5.79. The molecule has 0 unspecified atom stereocenters. The first-order chi connectivity index (χ1) is 16.6. The van der Waals surface area contributed by atoms with E-state index in [1.165, 1.54) is 12.3 Å². The fourth-order valence-corrected chi connectivity index (χ4v) is 4.34. The van der Waals surface area contributed by atoms with Gasteiger partial charge in [-0.2, -0.15) is 0 Å².